The van der Waals surface area contributed by atoms with Gasteiger partial charge in [-0.1, -0.05) is 26.0 Å². The zero-order valence-corrected chi connectivity index (χ0v) is 11.4. The van der Waals surface area contributed by atoms with Crippen LogP contribution in [0.15, 0.2) is 29.2 Å². The van der Waals surface area contributed by atoms with Crippen LogP contribution in [0.2, 0.25) is 0 Å². The Hall–Kier alpha value is -0.470. The second-order valence-corrected chi connectivity index (χ2v) is 5.53. The Balaban J connectivity index is 2.31. The van der Waals surface area contributed by atoms with E-state index >= 15 is 0 Å². The predicted octanol–water partition coefficient (Wildman–Crippen LogP) is 3.71. The molecule has 1 unspecified atom stereocenters. The van der Waals surface area contributed by atoms with E-state index in [2.05, 4.69) is 44.4 Å². The summed E-state index contributed by atoms with van der Waals surface area (Å²) in [5.41, 5.74) is 7.45. The van der Waals surface area contributed by atoms with Crippen LogP contribution in [0, 0.1) is 5.92 Å². The second kappa shape index (κ2) is 6.97. The molecule has 0 saturated heterocycles. The molecule has 16 heavy (non-hydrogen) atoms. The number of rotatable bonds is 6. The summed E-state index contributed by atoms with van der Waals surface area (Å²) in [5.74, 6) is 0.596. The van der Waals surface area contributed by atoms with E-state index in [0.717, 1.165) is 12.8 Å². The van der Waals surface area contributed by atoms with Crippen LogP contribution in [-0.4, -0.2) is 12.3 Å². The summed E-state index contributed by atoms with van der Waals surface area (Å²) in [7, 11) is 0. The molecule has 1 aromatic carbocycles. The lowest BCUT2D eigenvalue weighted by molar-refractivity contribution is 0.452. The molecule has 0 spiro atoms. The maximum atomic E-state index is 6.02. The first-order valence-corrected chi connectivity index (χ1v) is 7.24. The molecule has 0 aliphatic heterocycles. The van der Waals surface area contributed by atoms with Gasteiger partial charge in [0.2, 0.25) is 0 Å². The number of nitrogens with two attached hydrogens (primary N) is 1. The molecule has 2 heteroatoms. The lowest BCUT2D eigenvalue weighted by atomic mass is 9.98. The standard InChI is InChI=1S/C14H23NS/c1-11(2)14(15)6-4-5-12-7-9-13(16-3)10-8-12/h7-11,14H,4-6,15H2,1-3H3. The average Bonchev–Trinajstić information content (AvgIpc) is 2.29. The third kappa shape index (κ3) is 4.58. The summed E-state index contributed by atoms with van der Waals surface area (Å²) in [5, 5.41) is 0. The normalized spacial score (nSPS) is 13.1. The third-order valence-corrected chi connectivity index (χ3v) is 3.76. The van der Waals surface area contributed by atoms with Crippen LogP contribution in [0.5, 0.6) is 0 Å². The number of thioether (sulfide) groups is 1. The highest BCUT2D eigenvalue weighted by atomic mass is 32.2. The summed E-state index contributed by atoms with van der Waals surface area (Å²) >= 11 is 1.79. The number of aryl methyl sites for hydroxylation is 1. The minimum absolute atomic E-state index is 0.352. The molecule has 0 saturated carbocycles. The molecular formula is C14H23NS. The molecule has 2 N–H and O–H groups in total. The quantitative estimate of drug-likeness (QED) is 0.763. The maximum Gasteiger partial charge on any atom is 0.00693 e. The minimum atomic E-state index is 0.352. The highest BCUT2D eigenvalue weighted by molar-refractivity contribution is 7.98. The van der Waals surface area contributed by atoms with Crippen molar-refractivity contribution in [2.75, 3.05) is 6.26 Å². The molecule has 1 atom stereocenters. The van der Waals surface area contributed by atoms with Gasteiger partial charge in [-0.25, -0.2) is 0 Å². The number of hydrogen-bond donors (Lipinski definition) is 1. The molecular weight excluding hydrogens is 214 g/mol. The van der Waals surface area contributed by atoms with Gasteiger partial charge in [0, 0.05) is 10.9 Å². The molecule has 90 valence electrons. The fourth-order valence-corrected chi connectivity index (χ4v) is 2.08. The van der Waals surface area contributed by atoms with E-state index in [4.69, 9.17) is 5.73 Å². The number of benzene rings is 1. The smallest absolute Gasteiger partial charge is 0.00693 e. The van der Waals surface area contributed by atoms with E-state index in [-0.39, 0.29) is 0 Å². The van der Waals surface area contributed by atoms with Gasteiger partial charge in [0.05, 0.1) is 0 Å². The molecule has 0 heterocycles. The largest absolute Gasteiger partial charge is 0.327 e. The van der Waals surface area contributed by atoms with Crippen molar-refractivity contribution in [3.63, 3.8) is 0 Å². The first-order valence-electron chi connectivity index (χ1n) is 6.02. The Labute approximate surface area is 104 Å². The SMILES string of the molecule is CSc1ccc(CCCC(N)C(C)C)cc1. The fraction of sp³-hybridized carbons (Fsp3) is 0.571. The summed E-state index contributed by atoms with van der Waals surface area (Å²) in [6.07, 6.45) is 5.58. The van der Waals surface area contributed by atoms with E-state index in [1.54, 1.807) is 11.8 Å². The summed E-state index contributed by atoms with van der Waals surface area (Å²) in [6, 6.07) is 9.20. The predicted molar refractivity (Wildman–Crippen MR) is 74.0 cm³/mol. The van der Waals surface area contributed by atoms with Crippen LogP contribution in [0.4, 0.5) is 0 Å². The van der Waals surface area contributed by atoms with Gasteiger partial charge in [-0.05, 0) is 49.1 Å². The van der Waals surface area contributed by atoms with Gasteiger partial charge in [-0.2, -0.15) is 0 Å². The topological polar surface area (TPSA) is 26.0 Å². The first-order chi connectivity index (χ1) is 7.63. The summed E-state index contributed by atoms with van der Waals surface area (Å²) in [4.78, 5) is 1.34. The van der Waals surface area contributed by atoms with Crippen molar-refractivity contribution in [3.05, 3.63) is 29.8 Å². The lowest BCUT2D eigenvalue weighted by Gasteiger charge is -2.14. The van der Waals surface area contributed by atoms with Crippen LogP contribution in [0.1, 0.15) is 32.3 Å². The molecule has 0 aliphatic carbocycles. The van der Waals surface area contributed by atoms with Crippen molar-refractivity contribution >= 4 is 11.8 Å². The van der Waals surface area contributed by atoms with Crippen LogP contribution in [-0.2, 0) is 6.42 Å². The zero-order valence-electron chi connectivity index (χ0n) is 10.6. The Kier molecular flexibility index (Phi) is 5.93. The minimum Gasteiger partial charge on any atom is -0.327 e. The average molecular weight is 237 g/mol. The van der Waals surface area contributed by atoms with Gasteiger partial charge >= 0.3 is 0 Å². The molecule has 1 rings (SSSR count). The van der Waals surface area contributed by atoms with Crippen molar-refractivity contribution in [1.82, 2.24) is 0 Å². The van der Waals surface area contributed by atoms with Crippen LogP contribution in [0.3, 0.4) is 0 Å². The summed E-state index contributed by atoms with van der Waals surface area (Å²) in [6.45, 7) is 4.38. The molecule has 0 aromatic heterocycles. The van der Waals surface area contributed by atoms with Gasteiger partial charge in [-0.15, -0.1) is 11.8 Å². The first kappa shape index (κ1) is 13.6. The highest BCUT2D eigenvalue weighted by Crippen LogP contribution is 2.16. The Bertz CT molecular complexity index is 292. The van der Waals surface area contributed by atoms with Gasteiger partial charge < -0.3 is 5.73 Å². The van der Waals surface area contributed by atoms with Crippen molar-refractivity contribution in [2.45, 2.75) is 44.0 Å². The second-order valence-electron chi connectivity index (χ2n) is 4.65. The molecule has 0 aliphatic rings. The van der Waals surface area contributed by atoms with E-state index in [0.29, 0.717) is 12.0 Å². The van der Waals surface area contributed by atoms with E-state index in [9.17, 15) is 0 Å². The monoisotopic (exact) mass is 237 g/mol. The maximum absolute atomic E-state index is 6.02. The highest BCUT2D eigenvalue weighted by Gasteiger charge is 2.06. The van der Waals surface area contributed by atoms with E-state index < -0.39 is 0 Å². The van der Waals surface area contributed by atoms with Gasteiger partial charge in [0.15, 0.2) is 0 Å². The van der Waals surface area contributed by atoms with Crippen molar-refractivity contribution in [3.8, 4) is 0 Å². The Morgan fingerprint density at radius 2 is 1.81 bits per heavy atom. The van der Waals surface area contributed by atoms with Gasteiger partial charge in [0.1, 0.15) is 0 Å². The molecule has 0 fully saturated rings. The van der Waals surface area contributed by atoms with Crippen LogP contribution >= 0.6 is 11.8 Å². The van der Waals surface area contributed by atoms with Gasteiger partial charge in [-0.3, -0.25) is 0 Å². The molecule has 1 aromatic rings. The van der Waals surface area contributed by atoms with Gasteiger partial charge in [0.25, 0.3) is 0 Å². The lowest BCUT2D eigenvalue weighted by Crippen LogP contribution is -2.26. The third-order valence-electron chi connectivity index (χ3n) is 3.02. The molecule has 0 radical (unpaired) electrons. The van der Waals surface area contributed by atoms with Crippen molar-refractivity contribution in [2.24, 2.45) is 11.7 Å². The number of hydrogen-bond acceptors (Lipinski definition) is 2. The van der Waals surface area contributed by atoms with Crippen molar-refractivity contribution in [1.29, 1.82) is 0 Å². The van der Waals surface area contributed by atoms with Crippen molar-refractivity contribution < 1.29 is 0 Å². The Morgan fingerprint density at radius 3 is 2.31 bits per heavy atom. The fourth-order valence-electron chi connectivity index (χ4n) is 1.67. The Morgan fingerprint density at radius 1 is 1.19 bits per heavy atom. The van der Waals surface area contributed by atoms with Crippen LogP contribution < -0.4 is 5.73 Å². The van der Waals surface area contributed by atoms with E-state index in [1.165, 1.54) is 16.9 Å². The molecule has 0 bridgehead atoms. The van der Waals surface area contributed by atoms with Crippen LogP contribution in [0.25, 0.3) is 0 Å². The molecule has 1 nitrogen and oxygen atoms in total. The summed E-state index contributed by atoms with van der Waals surface area (Å²) < 4.78 is 0. The molecule has 0 amide bonds. The van der Waals surface area contributed by atoms with E-state index in [1.807, 2.05) is 0 Å². The zero-order chi connectivity index (χ0) is 12.0.